The minimum Gasteiger partial charge on any atom is -0.352 e. The highest BCUT2D eigenvalue weighted by molar-refractivity contribution is 5.97. The van der Waals surface area contributed by atoms with Gasteiger partial charge in [-0.15, -0.1) is 0 Å². The molecule has 5 atom stereocenters. The zero-order valence-electron chi connectivity index (χ0n) is 30.7. The molecule has 0 aromatic rings. The van der Waals surface area contributed by atoms with Gasteiger partial charge in [0.25, 0.3) is 0 Å². The second-order valence-corrected chi connectivity index (χ2v) is 16.0. The second-order valence-electron chi connectivity index (χ2n) is 16.0. The SMILES string of the molecule is C/C(=C\C(C(C)C)N(C)C(=O)[C@@H](NC(=O)[C@H]1CCCCN1C(C)C)C(C)(C)C)C(=O)N1CCC[C@H]1C(=O)N[C@@H](C)C1CCCCC1. The first kappa shape index (κ1) is 38.0. The highest BCUT2D eigenvalue weighted by Gasteiger charge is 2.41. The Hall–Kier alpha value is -2.42. The minimum atomic E-state index is -0.718. The number of hydrogen-bond donors (Lipinski definition) is 2. The van der Waals surface area contributed by atoms with Gasteiger partial charge in [0.2, 0.25) is 23.6 Å². The first-order chi connectivity index (χ1) is 21.5. The van der Waals surface area contributed by atoms with Crippen molar-refractivity contribution in [3.8, 4) is 0 Å². The Bertz CT molecular complexity index is 1090. The van der Waals surface area contributed by atoms with Crippen molar-refractivity contribution in [2.75, 3.05) is 20.1 Å². The van der Waals surface area contributed by atoms with Gasteiger partial charge in [0.1, 0.15) is 12.1 Å². The van der Waals surface area contributed by atoms with E-state index in [0.29, 0.717) is 24.5 Å². The topological polar surface area (TPSA) is 102 Å². The van der Waals surface area contributed by atoms with Crippen LogP contribution in [0, 0.1) is 17.3 Å². The van der Waals surface area contributed by atoms with Crippen LogP contribution in [0.5, 0.6) is 0 Å². The Kier molecular flexibility index (Phi) is 13.7. The monoisotopic (exact) mass is 644 g/mol. The molecule has 2 N–H and O–H groups in total. The Balaban J connectivity index is 1.74. The number of carbonyl (C=O) groups excluding carboxylic acids is 4. The van der Waals surface area contributed by atoms with E-state index in [-0.39, 0.29) is 53.7 Å². The predicted octanol–water partition coefficient (Wildman–Crippen LogP) is 5.29. The summed E-state index contributed by atoms with van der Waals surface area (Å²) in [7, 11) is 1.77. The van der Waals surface area contributed by atoms with Gasteiger partial charge in [-0.2, -0.15) is 0 Å². The molecule has 1 aliphatic carbocycles. The molecule has 2 saturated heterocycles. The molecule has 262 valence electrons. The molecule has 2 aliphatic heterocycles. The van der Waals surface area contributed by atoms with Gasteiger partial charge in [-0.1, -0.05) is 66.4 Å². The minimum absolute atomic E-state index is 0.0248. The van der Waals surface area contributed by atoms with Gasteiger partial charge in [0.05, 0.1) is 12.1 Å². The Labute approximate surface area is 279 Å². The third kappa shape index (κ3) is 9.57. The van der Waals surface area contributed by atoms with Crippen LogP contribution in [0.2, 0.25) is 0 Å². The summed E-state index contributed by atoms with van der Waals surface area (Å²) in [6.07, 6.45) is 12.2. The molecule has 3 aliphatic rings. The zero-order valence-corrected chi connectivity index (χ0v) is 30.7. The van der Waals surface area contributed by atoms with E-state index in [4.69, 9.17) is 0 Å². The molecule has 0 spiro atoms. The maximum atomic E-state index is 14.2. The summed E-state index contributed by atoms with van der Waals surface area (Å²) in [5, 5.41) is 6.39. The van der Waals surface area contributed by atoms with Crippen LogP contribution in [-0.2, 0) is 19.2 Å². The van der Waals surface area contributed by atoms with E-state index >= 15 is 0 Å². The molecule has 9 heteroatoms. The smallest absolute Gasteiger partial charge is 0.249 e. The number of rotatable bonds is 11. The molecule has 2 heterocycles. The van der Waals surface area contributed by atoms with Crippen molar-refractivity contribution in [2.45, 2.75) is 163 Å². The average molecular weight is 644 g/mol. The van der Waals surface area contributed by atoms with Gasteiger partial charge in [-0.25, -0.2) is 0 Å². The van der Waals surface area contributed by atoms with Gasteiger partial charge in [0.15, 0.2) is 0 Å². The predicted molar refractivity (Wildman–Crippen MR) is 185 cm³/mol. The third-order valence-electron chi connectivity index (χ3n) is 10.7. The van der Waals surface area contributed by atoms with Crippen molar-refractivity contribution in [2.24, 2.45) is 17.3 Å². The van der Waals surface area contributed by atoms with Crippen molar-refractivity contribution in [1.29, 1.82) is 0 Å². The first-order valence-electron chi connectivity index (χ1n) is 18.2. The van der Waals surface area contributed by atoms with Crippen LogP contribution in [0.4, 0.5) is 0 Å². The van der Waals surface area contributed by atoms with Gasteiger partial charge >= 0.3 is 0 Å². The van der Waals surface area contributed by atoms with Crippen molar-refractivity contribution in [3.05, 3.63) is 11.6 Å². The van der Waals surface area contributed by atoms with E-state index < -0.39 is 17.5 Å². The van der Waals surface area contributed by atoms with Gasteiger partial charge in [-0.05, 0) is 90.0 Å². The number of nitrogens with zero attached hydrogens (tertiary/aromatic N) is 3. The summed E-state index contributed by atoms with van der Waals surface area (Å²) in [6.45, 7) is 19.6. The largest absolute Gasteiger partial charge is 0.352 e. The molecule has 1 saturated carbocycles. The van der Waals surface area contributed by atoms with E-state index in [1.54, 1.807) is 23.8 Å². The standard InChI is InChI=1S/C37H65N5O4/c1-24(2)31(40(10)36(46)32(37(7,8)9)39-34(44)29-19-14-15-21-41(29)25(3)4)23-26(5)35(45)42-22-16-20-30(42)33(43)38-27(6)28-17-12-11-13-18-28/h23-25,27-32H,11-22H2,1-10H3,(H,38,43)(H,39,44)/b26-23+/t27-,29+,30-,31?,32+/m0/s1. The van der Waals surface area contributed by atoms with Crippen LogP contribution in [0.15, 0.2) is 11.6 Å². The number of hydrogen-bond acceptors (Lipinski definition) is 5. The lowest BCUT2D eigenvalue weighted by atomic mass is 9.84. The quantitative estimate of drug-likeness (QED) is 0.298. The summed E-state index contributed by atoms with van der Waals surface area (Å²) in [5.74, 6) is 0.0656. The van der Waals surface area contributed by atoms with E-state index in [9.17, 15) is 19.2 Å². The zero-order chi connectivity index (χ0) is 34.3. The van der Waals surface area contributed by atoms with Crippen LogP contribution < -0.4 is 10.6 Å². The van der Waals surface area contributed by atoms with E-state index in [1.807, 2.05) is 40.7 Å². The van der Waals surface area contributed by atoms with Crippen LogP contribution in [-0.4, -0.2) is 94.7 Å². The molecule has 0 aromatic heterocycles. The van der Waals surface area contributed by atoms with Crippen molar-refractivity contribution >= 4 is 23.6 Å². The Morgan fingerprint density at radius 2 is 1.37 bits per heavy atom. The number of piperidine rings is 1. The van der Waals surface area contributed by atoms with Crippen LogP contribution in [0.1, 0.15) is 127 Å². The molecule has 0 bridgehead atoms. The third-order valence-corrected chi connectivity index (χ3v) is 10.7. The normalized spacial score (nSPS) is 24.1. The number of carbonyl (C=O) groups is 4. The molecular formula is C37H65N5O4. The second kappa shape index (κ2) is 16.6. The number of likely N-dealkylation sites (N-methyl/N-ethyl adjacent to an activating group) is 1. The lowest BCUT2D eigenvalue weighted by molar-refractivity contribution is -0.142. The highest BCUT2D eigenvalue weighted by Crippen LogP contribution is 2.29. The van der Waals surface area contributed by atoms with Crippen LogP contribution >= 0.6 is 0 Å². The van der Waals surface area contributed by atoms with Crippen LogP contribution in [0.25, 0.3) is 0 Å². The molecule has 0 radical (unpaired) electrons. The average Bonchev–Trinajstić information content (AvgIpc) is 3.51. The molecule has 1 unspecified atom stereocenters. The fraction of sp³-hybridized carbons (Fsp3) is 0.838. The molecule has 0 aromatic carbocycles. The summed E-state index contributed by atoms with van der Waals surface area (Å²) in [4.78, 5) is 60.7. The fourth-order valence-corrected chi connectivity index (χ4v) is 7.75. The van der Waals surface area contributed by atoms with Gasteiger partial charge in [0, 0.05) is 31.2 Å². The van der Waals surface area contributed by atoms with E-state index in [1.165, 1.54) is 19.3 Å². The van der Waals surface area contributed by atoms with Gasteiger partial charge < -0.3 is 20.4 Å². The molecule has 3 rings (SSSR count). The van der Waals surface area contributed by atoms with Gasteiger partial charge in [-0.3, -0.25) is 24.1 Å². The molecule has 9 nitrogen and oxygen atoms in total. The lowest BCUT2D eigenvalue weighted by Gasteiger charge is -2.41. The van der Waals surface area contributed by atoms with Crippen LogP contribution in [0.3, 0.4) is 0 Å². The maximum Gasteiger partial charge on any atom is 0.249 e. The number of nitrogens with one attached hydrogen (secondary N) is 2. The summed E-state index contributed by atoms with van der Waals surface area (Å²) in [6, 6.07) is -1.43. The molecule has 46 heavy (non-hydrogen) atoms. The first-order valence-corrected chi connectivity index (χ1v) is 18.2. The molecular weight excluding hydrogens is 578 g/mol. The summed E-state index contributed by atoms with van der Waals surface area (Å²) >= 11 is 0. The molecule has 3 fully saturated rings. The fourth-order valence-electron chi connectivity index (χ4n) is 7.75. The summed E-state index contributed by atoms with van der Waals surface area (Å²) in [5.41, 5.74) is 0.0174. The number of likely N-dealkylation sites (tertiary alicyclic amines) is 2. The lowest BCUT2D eigenvalue weighted by Crippen LogP contribution is -2.60. The molecule has 4 amide bonds. The summed E-state index contributed by atoms with van der Waals surface area (Å²) < 4.78 is 0. The Morgan fingerprint density at radius 3 is 1.96 bits per heavy atom. The Morgan fingerprint density at radius 1 is 0.783 bits per heavy atom. The number of amides is 4. The highest BCUT2D eigenvalue weighted by atomic mass is 16.2. The van der Waals surface area contributed by atoms with Crippen molar-refractivity contribution < 1.29 is 19.2 Å². The van der Waals surface area contributed by atoms with E-state index in [2.05, 4.69) is 36.3 Å². The van der Waals surface area contributed by atoms with E-state index in [0.717, 1.165) is 45.1 Å². The van der Waals surface area contributed by atoms with Crippen molar-refractivity contribution in [3.63, 3.8) is 0 Å². The maximum absolute atomic E-state index is 14.2. The van der Waals surface area contributed by atoms with Crippen molar-refractivity contribution in [1.82, 2.24) is 25.3 Å².